The van der Waals surface area contributed by atoms with E-state index < -0.39 is 11.8 Å². The highest BCUT2D eigenvalue weighted by Crippen LogP contribution is 2.02. The number of ketones is 1. The van der Waals surface area contributed by atoms with E-state index in [9.17, 15) is 9.59 Å². The number of aliphatic carboxylic acids is 1. The highest BCUT2D eigenvalue weighted by molar-refractivity contribution is 6.37. The number of hydrogen-bond donors (Lipinski definition) is 1. The molecule has 1 rings (SSSR count). The van der Waals surface area contributed by atoms with Crippen LogP contribution in [0.2, 0.25) is 0 Å². The molecule has 1 aromatic carbocycles. The molecule has 3 nitrogen and oxygen atoms in total. The Morgan fingerprint density at radius 2 is 1.87 bits per heavy atom. The molecule has 0 saturated carbocycles. The largest absolute Gasteiger partial charge is 0.475 e. The standard InChI is InChI=1S/C12H12O3/c13-11(12(14)15)9-5-4-8-10-6-2-1-3-7-10/h1-3,5-7,9H,4,8H2,(H,14,15)/b9-5+. The van der Waals surface area contributed by atoms with Crippen LogP contribution in [0.4, 0.5) is 0 Å². The Balaban J connectivity index is 2.34. The van der Waals surface area contributed by atoms with Crippen molar-refractivity contribution in [2.75, 3.05) is 0 Å². The van der Waals surface area contributed by atoms with Gasteiger partial charge in [-0.2, -0.15) is 0 Å². The maximum atomic E-state index is 10.7. The minimum Gasteiger partial charge on any atom is -0.475 e. The lowest BCUT2D eigenvalue weighted by atomic mass is 10.1. The van der Waals surface area contributed by atoms with Crippen molar-refractivity contribution in [1.82, 2.24) is 0 Å². The summed E-state index contributed by atoms with van der Waals surface area (Å²) in [5.74, 6) is -2.28. The lowest BCUT2D eigenvalue weighted by molar-refractivity contribution is -0.146. The Hall–Kier alpha value is -1.90. The molecule has 0 saturated heterocycles. The van der Waals surface area contributed by atoms with Crippen LogP contribution in [0.15, 0.2) is 42.5 Å². The third-order valence-electron chi connectivity index (χ3n) is 1.92. The molecule has 78 valence electrons. The summed E-state index contributed by atoms with van der Waals surface area (Å²) in [6, 6.07) is 9.82. The van der Waals surface area contributed by atoms with Crippen LogP contribution in [-0.4, -0.2) is 16.9 Å². The zero-order chi connectivity index (χ0) is 11.1. The van der Waals surface area contributed by atoms with Crippen LogP contribution in [0.25, 0.3) is 0 Å². The molecule has 15 heavy (non-hydrogen) atoms. The monoisotopic (exact) mass is 204 g/mol. The number of carboxylic acid groups (broad SMARTS) is 1. The van der Waals surface area contributed by atoms with Crippen molar-refractivity contribution in [3.05, 3.63) is 48.0 Å². The Labute approximate surface area is 88.0 Å². The second-order valence-electron chi connectivity index (χ2n) is 3.10. The number of aryl methyl sites for hydroxylation is 1. The van der Waals surface area contributed by atoms with Crippen LogP contribution in [-0.2, 0) is 16.0 Å². The first-order valence-electron chi connectivity index (χ1n) is 4.68. The smallest absolute Gasteiger partial charge is 0.376 e. The second-order valence-corrected chi connectivity index (χ2v) is 3.10. The van der Waals surface area contributed by atoms with E-state index in [4.69, 9.17) is 5.11 Å². The summed E-state index contributed by atoms with van der Waals surface area (Å²) < 4.78 is 0. The number of carbonyl (C=O) groups excluding carboxylic acids is 1. The van der Waals surface area contributed by atoms with Crippen molar-refractivity contribution < 1.29 is 14.7 Å². The SMILES string of the molecule is O=C(O)C(=O)/C=C/CCc1ccccc1. The molecule has 1 aromatic rings. The minimum absolute atomic E-state index is 0.670. The second kappa shape index (κ2) is 5.75. The Morgan fingerprint density at radius 1 is 1.20 bits per heavy atom. The van der Waals surface area contributed by atoms with E-state index in [1.807, 2.05) is 30.3 Å². The van der Waals surface area contributed by atoms with Crippen LogP contribution >= 0.6 is 0 Å². The first-order chi connectivity index (χ1) is 7.20. The lowest BCUT2D eigenvalue weighted by Crippen LogP contribution is -2.08. The molecule has 0 spiro atoms. The molecule has 0 atom stereocenters. The van der Waals surface area contributed by atoms with Gasteiger partial charge < -0.3 is 5.11 Å². The number of benzene rings is 1. The fraction of sp³-hybridized carbons (Fsp3) is 0.167. The summed E-state index contributed by atoms with van der Waals surface area (Å²) in [4.78, 5) is 20.8. The van der Waals surface area contributed by atoms with E-state index in [1.165, 1.54) is 5.56 Å². The van der Waals surface area contributed by atoms with E-state index in [0.29, 0.717) is 6.42 Å². The van der Waals surface area contributed by atoms with Crippen LogP contribution in [0.1, 0.15) is 12.0 Å². The average molecular weight is 204 g/mol. The average Bonchev–Trinajstić information content (AvgIpc) is 2.25. The molecule has 3 heteroatoms. The van der Waals surface area contributed by atoms with Gasteiger partial charge in [-0.3, -0.25) is 4.79 Å². The van der Waals surface area contributed by atoms with E-state index in [-0.39, 0.29) is 0 Å². The summed E-state index contributed by atoms with van der Waals surface area (Å²) in [6.45, 7) is 0. The number of rotatable bonds is 5. The minimum atomic E-state index is -1.41. The fourth-order valence-electron chi connectivity index (χ4n) is 1.16. The van der Waals surface area contributed by atoms with Gasteiger partial charge in [0.25, 0.3) is 5.78 Å². The first kappa shape index (κ1) is 11.2. The van der Waals surface area contributed by atoms with E-state index >= 15 is 0 Å². The van der Waals surface area contributed by atoms with Crippen molar-refractivity contribution in [1.29, 1.82) is 0 Å². The van der Waals surface area contributed by atoms with Crippen molar-refractivity contribution in [2.45, 2.75) is 12.8 Å². The maximum absolute atomic E-state index is 10.7. The van der Waals surface area contributed by atoms with Gasteiger partial charge in [0.2, 0.25) is 0 Å². The van der Waals surface area contributed by atoms with Crippen molar-refractivity contribution in [3.63, 3.8) is 0 Å². The summed E-state index contributed by atoms with van der Waals surface area (Å²) in [5, 5.41) is 8.30. The van der Waals surface area contributed by atoms with Gasteiger partial charge in [-0.05, 0) is 24.5 Å². The van der Waals surface area contributed by atoms with Gasteiger partial charge in [-0.1, -0.05) is 36.4 Å². The summed E-state index contributed by atoms with van der Waals surface area (Å²) in [5.41, 5.74) is 1.17. The number of hydrogen-bond acceptors (Lipinski definition) is 2. The fourth-order valence-corrected chi connectivity index (χ4v) is 1.16. The predicted molar refractivity (Wildman–Crippen MR) is 56.5 cm³/mol. The Kier molecular flexibility index (Phi) is 4.29. The molecule has 1 N–H and O–H groups in total. The van der Waals surface area contributed by atoms with Gasteiger partial charge in [0.15, 0.2) is 0 Å². The summed E-state index contributed by atoms with van der Waals surface area (Å²) >= 11 is 0. The van der Waals surface area contributed by atoms with Crippen molar-refractivity contribution in [3.8, 4) is 0 Å². The summed E-state index contributed by atoms with van der Waals surface area (Å²) in [6.07, 6.45) is 4.17. The van der Waals surface area contributed by atoms with Crippen LogP contribution < -0.4 is 0 Å². The van der Waals surface area contributed by atoms with Gasteiger partial charge in [0, 0.05) is 0 Å². The molecule has 0 heterocycles. The lowest BCUT2D eigenvalue weighted by Gasteiger charge is -1.95. The molecule has 0 unspecified atom stereocenters. The van der Waals surface area contributed by atoms with Crippen molar-refractivity contribution in [2.24, 2.45) is 0 Å². The zero-order valence-corrected chi connectivity index (χ0v) is 8.22. The maximum Gasteiger partial charge on any atom is 0.376 e. The molecular formula is C12H12O3. The van der Waals surface area contributed by atoms with Crippen molar-refractivity contribution >= 4 is 11.8 Å². The molecule has 0 fully saturated rings. The first-order valence-corrected chi connectivity index (χ1v) is 4.68. The molecule has 0 aliphatic heterocycles. The van der Waals surface area contributed by atoms with E-state index in [2.05, 4.69) is 0 Å². The van der Waals surface area contributed by atoms with Crippen LogP contribution in [0.3, 0.4) is 0 Å². The summed E-state index contributed by atoms with van der Waals surface area (Å²) in [7, 11) is 0. The van der Waals surface area contributed by atoms with Gasteiger partial charge in [0.05, 0.1) is 0 Å². The molecule has 0 amide bonds. The topological polar surface area (TPSA) is 54.4 Å². The third kappa shape index (κ3) is 4.22. The number of carboxylic acids is 1. The molecule has 0 aromatic heterocycles. The van der Waals surface area contributed by atoms with E-state index in [0.717, 1.165) is 12.5 Å². The van der Waals surface area contributed by atoms with Gasteiger partial charge in [0.1, 0.15) is 0 Å². The van der Waals surface area contributed by atoms with E-state index in [1.54, 1.807) is 6.08 Å². The van der Waals surface area contributed by atoms with Crippen LogP contribution in [0.5, 0.6) is 0 Å². The quantitative estimate of drug-likeness (QED) is 0.588. The Morgan fingerprint density at radius 3 is 2.47 bits per heavy atom. The molecule has 0 bridgehead atoms. The highest BCUT2D eigenvalue weighted by Gasteiger charge is 2.04. The van der Waals surface area contributed by atoms with Crippen LogP contribution in [0, 0.1) is 0 Å². The highest BCUT2D eigenvalue weighted by atomic mass is 16.4. The zero-order valence-electron chi connectivity index (χ0n) is 8.22. The third-order valence-corrected chi connectivity index (χ3v) is 1.92. The molecule has 0 aliphatic carbocycles. The van der Waals surface area contributed by atoms with Gasteiger partial charge in [-0.15, -0.1) is 0 Å². The Bertz CT molecular complexity index is 366. The normalized spacial score (nSPS) is 10.4. The van der Waals surface area contributed by atoms with Gasteiger partial charge in [-0.25, -0.2) is 4.79 Å². The molecule has 0 radical (unpaired) electrons. The number of allylic oxidation sites excluding steroid dienone is 1. The van der Waals surface area contributed by atoms with Gasteiger partial charge >= 0.3 is 5.97 Å². The predicted octanol–water partition coefficient (Wildman–Crippen LogP) is 1.83. The molecular weight excluding hydrogens is 192 g/mol. The number of carbonyl (C=O) groups is 2. The molecule has 0 aliphatic rings.